The number of furan rings is 1. The lowest BCUT2D eigenvalue weighted by atomic mass is 10.0. The van der Waals surface area contributed by atoms with Crippen molar-refractivity contribution in [2.24, 2.45) is 4.99 Å². The van der Waals surface area contributed by atoms with Crippen LogP contribution in [-0.2, 0) is 6.42 Å². The summed E-state index contributed by atoms with van der Waals surface area (Å²) in [7, 11) is 0. The van der Waals surface area contributed by atoms with E-state index in [0.29, 0.717) is 19.1 Å². The zero-order valence-corrected chi connectivity index (χ0v) is 15.1. The van der Waals surface area contributed by atoms with Gasteiger partial charge >= 0.3 is 0 Å². The Kier molecular flexibility index (Phi) is 6.55. The summed E-state index contributed by atoms with van der Waals surface area (Å²) in [6.45, 7) is 3.39. The monoisotopic (exact) mass is 357 g/mol. The number of ether oxygens (including phenoxy) is 1. The molecule has 2 atom stereocenters. The van der Waals surface area contributed by atoms with Crippen molar-refractivity contribution < 1.29 is 14.3 Å². The van der Waals surface area contributed by atoms with Gasteiger partial charge in [-0.2, -0.15) is 0 Å². The molecule has 0 fully saturated rings. The van der Waals surface area contributed by atoms with Crippen LogP contribution >= 0.6 is 0 Å². The second-order valence-electron chi connectivity index (χ2n) is 6.36. The number of guanidine groups is 1. The number of aliphatic hydroxyl groups is 1. The summed E-state index contributed by atoms with van der Waals surface area (Å²) in [5.74, 6) is 2.54. The van der Waals surface area contributed by atoms with Crippen molar-refractivity contribution in [2.45, 2.75) is 38.3 Å². The van der Waals surface area contributed by atoms with Gasteiger partial charge in [0.25, 0.3) is 0 Å². The van der Waals surface area contributed by atoms with Crippen molar-refractivity contribution in [3.63, 3.8) is 0 Å². The third kappa shape index (κ3) is 4.79. The molecule has 0 saturated carbocycles. The first-order valence-electron chi connectivity index (χ1n) is 9.22. The average molecular weight is 357 g/mol. The lowest BCUT2D eigenvalue weighted by Gasteiger charge is -2.29. The molecule has 1 unspecified atom stereocenters. The topological polar surface area (TPSA) is 79.0 Å². The normalized spacial score (nSPS) is 17.9. The van der Waals surface area contributed by atoms with E-state index in [9.17, 15) is 5.11 Å². The zero-order chi connectivity index (χ0) is 18.2. The standard InChI is InChI=1S/C20H27N3O3/c1-2-15(14-24)22-20(21-11-9-16-6-5-12-25-16)23-18-10-13-26-19-8-4-3-7-17(18)19/h3-8,12,15,18,24H,2,9-11,13-14H2,1H3,(H2,21,22,23)/t15-,18?/m1/s1. The Bertz CT molecular complexity index is 696. The van der Waals surface area contributed by atoms with E-state index in [1.54, 1.807) is 6.26 Å². The lowest BCUT2D eigenvalue weighted by Crippen LogP contribution is -2.46. The van der Waals surface area contributed by atoms with Crippen LogP contribution in [0, 0.1) is 0 Å². The zero-order valence-electron chi connectivity index (χ0n) is 15.1. The number of rotatable bonds is 7. The van der Waals surface area contributed by atoms with Crippen molar-refractivity contribution in [1.82, 2.24) is 10.6 Å². The van der Waals surface area contributed by atoms with Crippen LogP contribution < -0.4 is 15.4 Å². The number of para-hydroxylation sites is 1. The lowest BCUT2D eigenvalue weighted by molar-refractivity contribution is 0.248. The van der Waals surface area contributed by atoms with E-state index < -0.39 is 0 Å². The fourth-order valence-corrected chi connectivity index (χ4v) is 2.99. The fraction of sp³-hybridized carbons (Fsp3) is 0.450. The van der Waals surface area contributed by atoms with Crippen molar-refractivity contribution in [3.8, 4) is 5.75 Å². The predicted octanol–water partition coefficient (Wildman–Crippen LogP) is 2.65. The van der Waals surface area contributed by atoms with Gasteiger partial charge in [0.2, 0.25) is 0 Å². The van der Waals surface area contributed by atoms with E-state index in [4.69, 9.17) is 9.15 Å². The number of aliphatic hydroxyl groups excluding tert-OH is 1. The number of benzene rings is 1. The minimum absolute atomic E-state index is 0.0278. The molecule has 0 spiro atoms. The van der Waals surface area contributed by atoms with Crippen LogP contribution in [0.25, 0.3) is 0 Å². The van der Waals surface area contributed by atoms with Crippen LogP contribution in [-0.4, -0.2) is 36.9 Å². The highest BCUT2D eigenvalue weighted by molar-refractivity contribution is 5.80. The van der Waals surface area contributed by atoms with Gasteiger partial charge in [0.15, 0.2) is 5.96 Å². The van der Waals surface area contributed by atoms with E-state index in [1.807, 2.05) is 37.3 Å². The molecule has 0 bridgehead atoms. The van der Waals surface area contributed by atoms with Gasteiger partial charge in [-0.25, -0.2) is 0 Å². The first kappa shape index (κ1) is 18.3. The van der Waals surface area contributed by atoms with Gasteiger partial charge in [-0.1, -0.05) is 25.1 Å². The minimum Gasteiger partial charge on any atom is -0.493 e. The third-order valence-electron chi connectivity index (χ3n) is 4.53. The smallest absolute Gasteiger partial charge is 0.192 e. The summed E-state index contributed by atoms with van der Waals surface area (Å²) in [6, 6.07) is 12.0. The first-order chi connectivity index (χ1) is 12.8. The Balaban J connectivity index is 1.70. The molecule has 0 aliphatic carbocycles. The van der Waals surface area contributed by atoms with Crippen LogP contribution in [0.5, 0.6) is 5.75 Å². The number of hydrogen-bond donors (Lipinski definition) is 3. The van der Waals surface area contributed by atoms with Gasteiger partial charge in [-0.3, -0.25) is 4.99 Å². The van der Waals surface area contributed by atoms with Crippen molar-refractivity contribution >= 4 is 5.96 Å². The highest BCUT2D eigenvalue weighted by Crippen LogP contribution is 2.31. The van der Waals surface area contributed by atoms with Crippen molar-refractivity contribution in [1.29, 1.82) is 0 Å². The Labute approximate surface area is 154 Å². The third-order valence-corrected chi connectivity index (χ3v) is 4.53. The summed E-state index contributed by atoms with van der Waals surface area (Å²) >= 11 is 0. The van der Waals surface area contributed by atoms with Gasteiger partial charge in [-0.15, -0.1) is 0 Å². The minimum atomic E-state index is -0.0278. The molecule has 3 rings (SSSR count). The molecule has 2 heterocycles. The van der Waals surface area contributed by atoms with Crippen LogP contribution in [0.2, 0.25) is 0 Å². The molecular weight excluding hydrogens is 330 g/mol. The SMILES string of the molecule is CC[C@H](CO)NC(=NCCc1ccco1)NC1CCOc2ccccc21. The number of fused-ring (bicyclic) bond motifs is 1. The molecule has 140 valence electrons. The van der Waals surface area contributed by atoms with Gasteiger partial charge in [0.1, 0.15) is 11.5 Å². The highest BCUT2D eigenvalue weighted by atomic mass is 16.5. The fourth-order valence-electron chi connectivity index (χ4n) is 2.99. The molecule has 1 aromatic carbocycles. The molecule has 2 aromatic rings. The molecule has 3 N–H and O–H groups in total. The van der Waals surface area contributed by atoms with Gasteiger partial charge in [0, 0.05) is 24.9 Å². The maximum absolute atomic E-state index is 9.53. The van der Waals surface area contributed by atoms with Crippen LogP contribution in [0.4, 0.5) is 0 Å². The molecule has 0 amide bonds. The van der Waals surface area contributed by atoms with Crippen LogP contribution in [0.1, 0.15) is 37.1 Å². The molecule has 26 heavy (non-hydrogen) atoms. The molecule has 0 radical (unpaired) electrons. The van der Waals surface area contributed by atoms with E-state index in [-0.39, 0.29) is 18.7 Å². The molecule has 0 saturated heterocycles. The molecular formula is C20H27N3O3. The Morgan fingerprint density at radius 2 is 2.19 bits per heavy atom. The summed E-state index contributed by atoms with van der Waals surface area (Å²) in [5.41, 5.74) is 1.14. The van der Waals surface area contributed by atoms with Crippen LogP contribution in [0.15, 0.2) is 52.1 Å². The maximum atomic E-state index is 9.53. The van der Waals surface area contributed by atoms with Gasteiger partial charge in [-0.05, 0) is 24.6 Å². The summed E-state index contributed by atoms with van der Waals surface area (Å²) in [4.78, 5) is 4.68. The van der Waals surface area contributed by atoms with E-state index >= 15 is 0 Å². The summed E-state index contributed by atoms with van der Waals surface area (Å²) in [6.07, 6.45) is 4.10. The molecule has 6 nitrogen and oxygen atoms in total. The Morgan fingerprint density at radius 1 is 1.31 bits per heavy atom. The van der Waals surface area contributed by atoms with E-state index in [1.165, 1.54) is 0 Å². The molecule has 6 heteroatoms. The van der Waals surface area contributed by atoms with Gasteiger partial charge < -0.3 is 24.9 Å². The Morgan fingerprint density at radius 3 is 2.96 bits per heavy atom. The van der Waals surface area contributed by atoms with E-state index in [2.05, 4.69) is 21.7 Å². The second-order valence-corrected chi connectivity index (χ2v) is 6.36. The molecule has 1 aliphatic heterocycles. The van der Waals surface area contributed by atoms with E-state index in [0.717, 1.165) is 36.3 Å². The quantitative estimate of drug-likeness (QED) is 0.524. The summed E-state index contributed by atoms with van der Waals surface area (Å²) < 4.78 is 11.1. The van der Waals surface area contributed by atoms with Gasteiger partial charge in [0.05, 0.1) is 31.6 Å². The molecule has 1 aromatic heterocycles. The largest absolute Gasteiger partial charge is 0.493 e. The first-order valence-corrected chi connectivity index (χ1v) is 9.22. The Hall–Kier alpha value is -2.47. The number of nitrogens with zero attached hydrogens (tertiary/aromatic N) is 1. The number of nitrogens with one attached hydrogen (secondary N) is 2. The van der Waals surface area contributed by atoms with Crippen molar-refractivity contribution in [3.05, 3.63) is 54.0 Å². The predicted molar refractivity (Wildman–Crippen MR) is 101 cm³/mol. The highest BCUT2D eigenvalue weighted by Gasteiger charge is 2.22. The second kappa shape index (κ2) is 9.29. The number of hydrogen-bond acceptors (Lipinski definition) is 4. The maximum Gasteiger partial charge on any atom is 0.192 e. The van der Waals surface area contributed by atoms with Crippen molar-refractivity contribution in [2.75, 3.05) is 19.8 Å². The van der Waals surface area contributed by atoms with Crippen LogP contribution in [0.3, 0.4) is 0 Å². The average Bonchev–Trinajstić information content (AvgIpc) is 3.19. The molecule has 1 aliphatic rings. The number of aliphatic imine (C=N–C) groups is 1. The summed E-state index contributed by atoms with van der Waals surface area (Å²) in [5, 5.41) is 16.4.